The molecule has 0 spiro atoms. The van der Waals surface area contributed by atoms with Gasteiger partial charge in [-0.15, -0.1) is 0 Å². The van der Waals surface area contributed by atoms with Gasteiger partial charge in [0.15, 0.2) is 0 Å². The highest BCUT2D eigenvalue weighted by molar-refractivity contribution is 5.80. The van der Waals surface area contributed by atoms with Crippen molar-refractivity contribution >= 4 is 22.9 Å². The molecule has 1 atom stereocenters. The second-order valence-electron chi connectivity index (χ2n) is 10.7. The van der Waals surface area contributed by atoms with E-state index in [1.54, 1.807) is 0 Å². The summed E-state index contributed by atoms with van der Waals surface area (Å²) >= 11 is 0. The molecule has 0 bridgehead atoms. The summed E-state index contributed by atoms with van der Waals surface area (Å²) in [5.74, 6) is 1.35. The van der Waals surface area contributed by atoms with Gasteiger partial charge in [0.2, 0.25) is 11.9 Å². The van der Waals surface area contributed by atoms with E-state index >= 15 is 0 Å². The largest absolute Gasteiger partial charge is 0.356 e. The number of amides is 1. The van der Waals surface area contributed by atoms with Crippen molar-refractivity contribution in [1.82, 2.24) is 19.8 Å². The van der Waals surface area contributed by atoms with Crippen LogP contribution in [0.2, 0.25) is 0 Å². The first-order valence-corrected chi connectivity index (χ1v) is 13.9. The van der Waals surface area contributed by atoms with Crippen LogP contribution in [0.25, 0.3) is 11.0 Å². The quantitative estimate of drug-likeness (QED) is 0.455. The van der Waals surface area contributed by atoms with Crippen LogP contribution in [0.5, 0.6) is 0 Å². The molecule has 1 unspecified atom stereocenters. The van der Waals surface area contributed by atoms with Gasteiger partial charge in [-0.05, 0) is 75.8 Å². The highest BCUT2D eigenvalue weighted by atomic mass is 16.1. The van der Waals surface area contributed by atoms with E-state index in [2.05, 4.69) is 82.1 Å². The smallest absolute Gasteiger partial charge is 0.223 e. The minimum atomic E-state index is 0.101. The number of benzene rings is 2. The van der Waals surface area contributed by atoms with E-state index in [1.165, 1.54) is 42.5 Å². The van der Waals surface area contributed by atoms with Crippen LogP contribution >= 0.6 is 0 Å². The zero-order chi connectivity index (χ0) is 24.9. The molecule has 1 N–H and O–H groups in total. The molecule has 2 aromatic carbocycles. The van der Waals surface area contributed by atoms with Crippen LogP contribution in [-0.4, -0.2) is 59.1 Å². The minimum Gasteiger partial charge on any atom is -0.356 e. The number of nitrogens with zero attached hydrogens (tertiary/aromatic N) is 4. The Balaban J connectivity index is 1.18. The molecule has 0 saturated carbocycles. The number of carbonyl (C=O) groups is 1. The summed E-state index contributed by atoms with van der Waals surface area (Å²) < 4.78 is 2.35. The number of para-hydroxylation sites is 2. The van der Waals surface area contributed by atoms with Gasteiger partial charge in [-0.25, -0.2) is 4.98 Å². The normalized spacial score (nSPS) is 19.6. The highest BCUT2D eigenvalue weighted by Gasteiger charge is 2.28. The molecule has 2 aliphatic heterocycles. The Morgan fingerprint density at radius 2 is 1.78 bits per heavy atom. The number of hydrogen-bond acceptors (Lipinski definition) is 4. The fourth-order valence-electron chi connectivity index (χ4n) is 5.89. The summed E-state index contributed by atoms with van der Waals surface area (Å²) in [6.45, 7) is 10.1. The molecule has 3 aromatic rings. The molecule has 5 rings (SSSR count). The van der Waals surface area contributed by atoms with Gasteiger partial charge in [0.05, 0.1) is 17.6 Å². The van der Waals surface area contributed by atoms with Gasteiger partial charge in [0.25, 0.3) is 0 Å². The van der Waals surface area contributed by atoms with Gasteiger partial charge in [-0.1, -0.05) is 42.8 Å². The minimum absolute atomic E-state index is 0.101. The van der Waals surface area contributed by atoms with Crippen LogP contribution in [-0.2, 0) is 11.3 Å². The lowest BCUT2D eigenvalue weighted by molar-refractivity contribution is -0.125. The van der Waals surface area contributed by atoms with Crippen molar-refractivity contribution < 1.29 is 4.79 Å². The number of hydrogen-bond donors (Lipinski definition) is 1. The maximum absolute atomic E-state index is 12.9. The summed E-state index contributed by atoms with van der Waals surface area (Å²) in [4.78, 5) is 22.9. The topological polar surface area (TPSA) is 53.4 Å². The zero-order valence-corrected chi connectivity index (χ0v) is 22.0. The summed E-state index contributed by atoms with van der Waals surface area (Å²) in [5.41, 5.74) is 4.81. The number of anilines is 1. The van der Waals surface area contributed by atoms with Crippen LogP contribution in [0.15, 0.2) is 48.5 Å². The fraction of sp³-hybridized carbons (Fsp3) is 0.533. The lowest BCUT2D eigenvalue weighted by Crippen LogP contribution is -2.42. The van der Waals surface area contributed by atoms with Gasteiger partial charge in [0, 0.05) is 38.1 Å². The molecule has 6 heteroatoms. The number of imidazole rings is 1. The first kappa shape index (κ1) is 24.8. The van der Waals surface area contributed by atoms with Crippen molar-refractivity contribution in [3.63, 3.8) is 0 Å². The van der Waals surface area contributed by atoms with Crippen molar-refractivity contribution in [2.24, 2.45) is 5.92 Å². The van der Waals surface area contributed by atoms with E-state index in [0.29, 0.717) is 6.04 Å². The molecule has 192 valence electrons. The Morgan fingerprint density at radius 3 is 2.58 bits per heavy atom. The summed E-state index contributed by atoms with van der Waals surface area (Å²) in [6, 6.07) is 17.7. The van der Waals surface area contributed by atoms with E-state index < -0.39 is 0 Å². The maximum atomic E-state index is 12.9. The van der Waals surface area contributed by atoms with Crippen molar-refractivity contribution in [2.75, 3.05) is 37.6 Å². The molecule has 1 aromatic heterocycles. The Bertz CT molecular complexity index is 1160. The Morgan fingerprint density at radius 1 is 1.00 bits per heavy atom. The number of fused-ring (bicyclic) bond motifs is 1. The molecule has 2 aliphatic rings. The van der Waals surface area contributed by atoms with Crippen molar-refractivity contribution in [1.29, 1.82) is 0 Å². The lowest BCUT2D eigenvalue weighted by Gasteiger charge is -2.33. The van der Waals surface area contributed by atoms with Crippen LogP contribution in [0.4, 0.5) is 5.95 Å². The first-order chi connectivity index (χ1) is 17.6. The lowest BCUT2D eigenvalue weighted by atomic mass is 9.96. The number of carbonyl (C=O) groups excluding carboxylic acids is 1. The average Bonchev–Trinajstić information content (AvgIpc) is 3.27. The molecule has 2 saturated heterocycles. The molecular weight excluding hydrogens is 446 g/mol. The molecule has 6 nitrogen and oxygen atoms in total. The number of likely N-dealkylation sites (tertiary alicyclic amines) is 1. The number of rotatable bonds is 8. The molecule has 2 fully saturated rings. The van der Waals surface area contributed by atoms with Gasteiger partial charge in [-0.2, -0.15) is 0 Å². The summed E-state index contributed by atoms with van der Waals surface area (Å²) in [7, 11) is 0. The summed E-state index contributed by atoms with van der Waals surface area (Å²) in [5, 5.41) is 3.23. The van der Waals surface area contributed by atoms with E-state index in [4.69, 9.17) is 4.98 Å². The van der Waals surface area contributed by atoms with E-state index in [0.717, 1.165) is 63.5 Å². The van der Waals surface area contributed by atoms with Gasteiger partial charge >= 0.3 is 0 Å². The fourth-order valence-corrected chi connectivity index (χ4v) is 5.89. The van der Waals surface area contributed by atoms with Gasteiger partial charge < -0.3 is 19.7 Å². The predicted molar refractivity (Wildman–Crippen MR) is 147 cm³/mol. The number of aromatic nitrogens is 2. The SMILES string of the molecule is Cc1ccccc1Cn1c(N2CCC(C(=O)NCCCN3CCCCC3C)CC2)nc2ccccc21. The van der Waals surface area contributed by atoms with Crippen LogP contribution < -0.4 is 10.2 Å². The predicted octanol–water partition coefficient (Wildman–Crippen LogP) is 4.99. The van der Waals surface area contributed by atoms with Crippen molar-refractivity contribution in [3.8, 4) is 0 Å². The van der Waals surface area contributed by atoms with Crippen LogP contribution in [0, 0.1) is 12.8 Å². The monoisotopic (exact) mass is 487 g/mol. The maximum Gasteiger partial charge on any atom is 0.223 e. The van der Waals surface area contributed by atoms with Crippen LogP contribution in [0.3, 0.4) is 0 Å². The molecular formula is C30H41N5O. The van der Waals surface area contributed by atoms with Gasteiger partial charge in [-0.3, -0.25) is 4.79 Å². The van der Waals surface area contributed by atoms with E-state index in [9.17, 15) is 4.79 Å². The Labute approximate surface area is 215 Å². The third-order valence-corrected chi connectivity index (χ3v) is 8.23. The zero-order valence-electron chi connectivity index (χ0n) is 22.0. The molecule has 36 heavy (non-hydrogen) atoms. The van der Waals surface area contributed by atoms with Crippen molar-refractivity contribution in [3.05, 3.63) is 59.7 Å². The Kier molecular flexibility index (Phi) is 7.90. The van der Waals surface area contributed by atoms with E-state index in [-0.39, 0.29) is 11.8 Å². The molecule has 3 heterocycles. The van der Waals surface area contributed by atoms with Gasteiger partial charge in [0.1, 0.15) is 0 Å². The third kappa shape index (κ3) is 5.59. The Hall–Kier alpha value is -2.86. The van der Waals surface area contributed by atoms with Crippen LogP contribution in [0.1, 0.15) is 56.6 Å². The standard InChI is InChI=1S/C30H41N5O/c1-23-10-3-4-12-26(23)22-35-28-14-6-5-13-27(28)32-30(35)34-20-15-25(16-21-34)29(36)31-17-9-19-33-18-8-7-11-24(33)2/h3-6,10,12-14,24-25H,7-9,11,15-22H2,1-2H3,(H,31,36). The number of piperidine rings is 2. The number of aryl methyl sites for hydroxylation is 1. The van der Waals surface area contributed by atoms with E-state index in [1.807, 2.05) is 0 Å². The number of nitrogens with one attached hydrogen (secondary N) is 1. The second kappa shape index (κ2) is 11.5. The second-order valence-corrected chi connectivity index (χ2v) is 10.7. The average molecular weight is 488 g/mol. The third-order valence-electron chi connectivity index (χ3n) is 8.23. The first-order valence-electron chi connectivity index (χ1n) is 13.9. The highest BCUT2D eigenvalue weighted by Crippen LogP contribution is 2.28. The molecule has 0 radical (unpaired) electrons. The van der Waals surface area contributed by atoms with Crippen molar-refractivity contribution in [2.45, 2.75) is 65.0 Å². The molecule has 0 aliphatic carbocycles. The molecule has 1 amide bonds. The summed E-state index contributed by atoms with van der Waals surface area (Å²) in [6.07, 6.45) is 6.77.